The molecule has 0 amide bonds. The van der Waals surface area contributed by atoms with Gasteiger partial charge >= 0.3 is 0 Å². The first kappa shape index (κ1) is 9.21. The van der Waals surface area contributed by atoms with Crippen LogP contribution in [0.1, 0.15) is 13.8 Å². The molecule has 0 spiro atoms. The molecule has 0 aromatic rings. The van der Waals surface area contributed by atoms with Gasteiger partial charge in [-0.2, -0.15) is 0 Å². The standard InChI is InChI=1S/C6H11NO5/c1-6(2)10-3-5(12-6)4-11-7(8)9/h5H,3-4H2,1-2H3. The minimum absolute atomic E-state index is 0.0730. The summed E-state index contributed by atoms with van der Waals surface area (Å²) >= 11 is 0. The zero-order chi connectivity index (χ0) is 9.19. The molecule has 1 rings (SSSR count). The fraction of sp³-hybridized carbons (Fsp3) is 1.00. The van der Waals surface area contributed by atoms with E-state index >= 15 is 0 Å². The lowest BCUT2D eigenvalue weighted by atomic mass is 10.4. The summed E-state index contributed by atoms with van der Waals surface area (Å²) in [5, 5.41) is 8.97. The van der Waals surface area contributed by atoms with Crippen LogP contribution in [-0.2, 0) is 14.3 Å². The molecule has 0 aliphatic carbocycles. The highest BCUT2D eigenvalue weighted by Gasteiger charge is 2.33. The first-order chi connectivity index (χ1) is 5.49. The molecule has 70 valence electrons. The van der Waals surface area contributed by atoms with Crippen LogP contribution in [-0.4, -0.2) is 30.2 Å². The summed E-state index contributed by atoms with van der Waals surface area (Å²) in [6.45, 7) is 3.76. The fourth-order valence-electron chi connectivity index (χ4n) is 0.989. The van der Waals surface area contributed by atoms with E-state index in [1.54, 1.807) is 13.8 Å². The lowest BCUT2D eigenvalue weighted by molar-refractivity contribution is -0.759. The Kier molecular flexibility index (Phi) is 2.49. The van der Waals surface area contributed by atoms with Crippen molar-refractivity contribution in [2.75, 3.05) is 13.2 Å². The molecule has 0 aromatic carbocycles. The maximum Gasteiger partial charge on any atom is 0.294 e. The third-order valence-corrected chi connectivity index (χ3v) is 1.43. The molecule has 6 heteroatoms. The second-order valence-corrected chi connectivity index (χ2v) is 2.97. The second-order valence-electron chi connectivity index (χ2n) is 2.97. The highest BCUT2D eigenvalue weighted by Crippen LogP contribution is 2.22. The van der Waals surface area contributed by atoms with Gasteiger partial charge in [-0.15, -0.1) is 10.1 Å². The molecule has 6 nitrogen and oxygen atoms in total. The average Bonchev–Trinajstić information content (AvgIpc) is 2.26. The van der Waals surface area contributed by atoms with E-state index in [1.165, 1.54) is 0 Å². The zero-order valence-electron chi connectivity index (χ0n) is 6.98. The second kappa shape index (κ2) is 3.24. The number of hydrogen-bond acceptors (Lipinski definition) is 5. The Morgan fingerprint density at radius 3 is 2.83 bits per heavy atom. The molecule has 0 N–H and O–H groups in total. The summed E-state index contributed by atoms with van der Waals surface area (Å²) in [5.41, 5.74) is 0. The Morgan fingerprint density at radius 2 is 2.42 bits per heavy atom. The SMILES string of the molecule is CC1(C)OCC(CO[N+](=O)[O-])O1. The van der Waals surface area contributed by atoms with Crippen LogP contribution in [0.2, 0.25) is 0 Å². The molecule has 1 saturated heterocycles. The van der Waals surface area contributed by atoms with E-state index in [1.807, 2.05) is 0 Å². The van der Waals surface area contributed by atoms with Crippen molar-refractivity contribution >= 4 is 0 Å². The molecule has 0 bridgehead atoms. The van der Waals surface area contributed by atoms with Crippen molar-refractivity contribution in [3.63, 3.8) is 0 Å². The third-order valence-electron chi connectivity index (χ3n) is 1.43. The van der Waals surface area contributed by atoms with E-state index in [-0.39, 0.29) is 12.7 Å². The molecule has 1 fully saturated rings. The molecule has 1 unspecified atom stereocenters. The summed E-state index contributed by atoms with van der Waals surface area (Å²) in [5.74, 6) is -0.648. The van der Waals surface area contributed by atoms with Gasteiger partial charge in [0, 0.05) is 0 Å². The van der Waals surface area contributed by atoms with Gasteiger partial charge in [-0.1, -0.05) is 0 Å². The minimum Gasteiger partial charge on any atom is -0.348 e. The smallest absolute Gasteiger partial charge is 0.294 e. The summed E-state index contributed by atoms with van der Waals surface area (Å²) in [6, 6.07) is 0. The zero-order valence-corrected chi connectivity index (χ0v) is 6.98. The predicted octanol–water partition coefficient (Wildman–Crippen LogP) is 0.346. The Bertz CT molecular complexity index is 181. The first-order valence-corrected chi connectivity index (χ1v) is 3.59. The van der Waals surface area contributed by atoms with Crippen molar-refractivity contribution in [3.8, 4) is 0 Å². The van der Waals surface area contributed by atoms with E-state index in [4.69, 9.17) is 9.47 Å². The highest BCUT2D eigenvalue weighted by atomic mass is 17.0. The van der Waals surface area contributed by atoms with E-state index in [0.717, 1.165) is 0 Å². The van der Waals surface area contributed by atoms with Crippen LogP contribution in [0.5, 0.6) is 0 Å². The molecule has 0 radical (unpaired) electrons. The van der Waals surface area contributed by atoms with E-state index < -0.39 is 10.9 Å². The van der Waals surface area contributed by atoms with Crippen LogP contribution in [0, 0.1) is 10.1 Å². The van der Waals surface area contributed by atoms with E-state index in [2.05, 4.69) is 4.84 Å². The molecule has 1 aliphatic rings. The van der Waals surface area contributed by atoms with E-state index in [9.17, 15) is 10.1 Å². The quantitative estimate of drug-likeness (QED) is 0.459. The van der Waals surface area contributed by atoms with Crippen LogP contribution in [0.4, 0.5) is 0 Å². The maximum atomic E-state index is 9.80. The fourth-order valence-corrected chi connectivity index (χ4v) is 0.989. The van der Waals surface area contributed by atoms with Gasteiger partial charge in [0.1, 0.15) is 12.7 Å². The van der Waals surface area contributed by atoms with Gasteiger partial charge in [0.2, 0.25) is 0 Å². The third kappa shape index (κ3) is 2.63. The number of hydrogen-bond donors (Lipinski definition) is 0. The number of rotatable bonds is 3. The Labute approximate surface area is 69.5 Å². The molecular formula is C6H11NO5. The van der Waals surface area contributed by atoms with Crippen molar-refractivity contribution in [2.45, 2.75) is 25.7 Å². The first-order valence-electron chi connectivity index (χ1n) is 3.59. The summed E-state index contributed by atoms with van der Waals surface area (Å²) in [7, 11) is 0. The van der Waals surface area contributed by atoms with Gasteiger partial charge in [-0.25, -0.2) is 0 Å². The molecule has 1 heterocycles. The normalized spacial score (nSPS) is 27.0. The van der Waals surface area contributed by atoms with Crippen molar-refractivity contribution in [1.82, 2.24) is 0 Å². The van der Waals surface area contributed by atoms with Crippen LogP contribution in [0.15, 0.2) is 0 Å². The van der Waals surface area contributed by atoms with E-state index in [0.29, 0.717) is 6.61 Å². The minimum atomic E-state index is -0.839. The van der Waals surface area contributed by atoms with Gasteiger partial charge in [0.25, 0.3) is 5.09 Å². The Hall–Kier alpha value is -0.880. The molecule has 1 atom stereocenters. The van der Waals surface area contributed by atoms with Crippen molar-refractivity contribution in [1.29, 1.82) is 0 Å². The van der Waals surface area contributed by atoms with Crippen molar-refractivity contribution < 1.29 is 19.4 Å². The number of nitrogens with zero attached hydrogens (tertiary/aromatic N) is 1. The lowest BCUT2D eigenvalue weighted by Gasteiger charge is -2.16. The summed E-state index contributed by atoms with van der Waals surface area (Å²) in [6.07, 6.45) is -0.342. The lowest BCUT2D eigenvalue weighted by Crippen LogP contribution is -2.24. The van der Waals surface area contributed by atoms with Gasteiger partial charge in [-0.3, -0.25) is 0 Å². The van der Waals surface area contributed by atoms with Gasteiger partial charge in [0.15, 0.2) is 5.79 Å². The average molecular weight is 177 g/mol. The molecule has 0 saturated carbocycles. The topological polar surface area (TPSA) is 70.8 Å². The number of ether oxygens (including phenoxy) is 2. The molecular weight excluding hydrogens is 166 g/mol. The Morgan fingerprint density at radius 1 is 1.75 bits per heavy atom. The van der Waals surface area contributed by atoms with Crippen molar-refractivity contribution in [2.24, 2.45) is 0 Å². The van der Waals surface area contributed by atoms with Crippen LogP contribution in [0.25, 0.3) is 0 Å². The molecule has 0 aromatic heterocycles. The van der Waals surface area contributed by atoms with Gasteiger partial charge in [-0.05, 0) is 13.8 Å². The van der Waals surface area contributed by atoms with Crippen LogP contribution >= 0.6 is 0 Å². The summed E-state index contributed by atoms with van der Waals surface area (Å²) < 4.78 is 10.4. The van der Waals surface area contributed by atoms with Crippen LogP contribution < -0.4 is 0 Å². The van der Waals surface area contributed by atoms with Crippen molar-refractivity contribution in [3.05, 3.63) is 10.1 Å². The van der Waals surface area contributed by atoms with Gasteiger partial charge < -0.3 is 14.3 Å². The van der Waals surface area contributed by atoms with Crippen LogP contribution in [0.3, 0.4) is 0 Å². The highest BCUT2D eigenvalue weighted by molar-refractivity contribution is 4.69. The monoisotopic (exact) mass is 177 g/mol. The molecule has 1 aliphatic heterocycles. The Balaban J connectivity index is 2.24. The largest absolute Gasteiger partial charge is 0.348 e. The summed E-state index contributed by atoms with van der Waals surface area (Å²) in [4.78, 5) is 13.9. The maximum absolute atomic E-state index is 9.80. The van der Waals surface area contributed by atoms with Gasteiger partial charge in [0.05, 0.1) is 6.61 Å². The predicted molar refractivity (Wildman–Crippen MR) is 37.9 cm³/mol. The molecule has 12 heavy (non-hydrogen) atoms.